The van der Waals surface area contributed by atoms with Crippen LogP contribution in [0, 0.1) is 6.92 Å². The van der Waals surface area contributed by atoms with E-state index in [1.807, 2.05) is 19.1 Å². The van der Waals surface area contributed by atoms with Crippen LogP contribution in [0.1, 0.15) is 12.5 Å². The van der Waals surface area contributed by atoms with Crippen LogP contribution in [0.3, 0.4) is 0 Å². The van der Waals surface area contributed by atoms with Gasteiger partial charge in [-0.25, -0.2) is 13.6 Å². The van der Waals surface area contributed by atoms with Crippen LogP contribution in [-0.4, -0.2) is 29.6 Å². The monoisotopic (exact) mass is 436 g/mol. The van der Waals surface area contributed by atoms with Crippen molar-refractivity contribution in [3.05, 3.63) is 60.2 Å². The number of amides is 1. The van der Waals surface area contributed by atoms with Gasteiger partial charge in [0.1, 0.15) is 11.4 Å². The van der Waals surface area contributed by atoms with Gasteiger partial charge in [-0.2, -0.15) is 5.10 Å². The maximum atomic E-state index is 11.8. The third-order valence-corrected chi connectivity index (χ3v) is 5.96. The third-order valence-electron chi connectivity index (χ3n) is 5.05. The van der Waals surface area contributed by atoms with E-state index in [0.29, 0.717) is 16.9 Å². The summed E-state index contributed by atoms with van der Waals surface area (Å²) in [5.41, 5.74) is 4.85. The molecular weight excluding hydrogens is 416 g/mol. The van der Waals surface area contributed by atoms with Gasteiger partial charge in [0.2, 0.25) is 15.9 Å². The van der Waals surface area contributed by atoms with Crippen LogP contribution < -0.4 is 10.5 Å². The van der Waals surface area contributed by atoms with E-state index in [1.165, 1.54) is 19.1 Å². The van der Waals surface area contributed by atoms with Crippen molar-refractivity contribution in [3.8, 4) is 28.1 Å². The number of aromatic nitrogens is 2. The first kappa shape index (κ1) is 20.6. The molecule has 4 rings (SSSR count). The summed E-state index contributed by atoms with van der Waals surface area (Å²) in [7, 11) is -3.84. The van der Waals surface area contributed by atoms with Crippen molar-refractivity contribution in [2.75, 3.05) is 5.32 Å². The molecule has 31 heavy (non-hydrogen) atoms. The van der Waals surface area contributed by atoms with E-state index in [4.69, 9.17) is 5.14 Å². The summed E-state index contributed by atoms with van der Waals surface area (Å²) >= 11 is 0. The zero-order valence-corrected chi connectivity index (χ0v) is 17.6. The molecule has 0 aliphatic heterocycles. The molecule has 8 nitrogen and oxygen atoms in total. The highest BCUT2D eigenvalue weighted by Gasteiger charge is 2.17. The number of aromatic amines is 1. The second-order valence-corrected chi connectivity index (χ2v) is 8.78. The second-order valence-electron chi connectivity index (χ2n) is 7.22. The number of carbonyl (C=O) groups excluding carboxylic acids is 1. The maximum absolute atomic E-state index is 11.8. The van der Waals surface area contributed by atoms with Crippen molar-refractivity contribution in [3.63, 3.8) is 0 Å². The van der Waals surface area contributed by atoms with E-state index in [0.717, 1.165) is 27.6 Å². The number of H-pyrrole nitrogens is 1. The molecular formula is C22H20N4O4S. The fraction of sp³-hybridized carbons (Fsp3) is 0.0909. The van der Waals surface area contributed by atoms with E-state index in [9.17, 15) is 18.3 Å². The van der Waals surface area contributed by atoms with E-state index < -0.39 is 10.0 Å². The molecule has 0 aliphatic rings. The molecule has 0 unspecified atom stereocenters. The number of phenolic OH excluding ortho intramolecular Hbond substituents is 1. The maximum Gasteiger partial charge on any atom is 0.238 e. The number of aryl methyl sites for hydroxylation is 1. The number of anilines is 1. The highest BCUT2D eigenvalue weighted by atomic mass is 32.2. The lowest BCUT2D eigenvalue weighted by Crippen LogP contribution is -2.11. The number of nitrogens with zero attached hydrogens (tertiary/aromatic N) is 1. The molecule has 0 saturated heterocycles. The van der Waals surface area contributed by atoms with Gasteiger partial charge < -0.3 is 10.4 Å². The molecule has 0 saturated carbocycles. The average molecular weight is 436 g/mol. The topological polar surface area (TPSA) is 138 Å². The Kier molecular flexibility index (Phi) is 5.00. The molecule has 1 aromatic heterocycles. The molecule has 0 bridgehead atoms. The summed E-state index contributed by atoms with van der Waals surface area (Å²) in [6.45, 7) is 3.30. The standard InChI is InChI=1S/C22H20N4O4S/c1-12-17(14-6-8-18(20(28)11-14)24-13(2)27)7-9-19-21(12)22(26-25-19)15-4-3-5-16(10-15)31(23,29)30/h3-11,28H,1-2H3,(H,24,27)(H,25,26)(H2,23,29,30). The Hall–Kier alpha value is -3.69. The van der Waals surface area contributed by atoms with Crippen LogP contribution >= 0.6 is 0 Å². The number of sulfonamides is 1. The molecule has 9 heteroatoms. The summed E-state index contributed by atoms with van der Waals surface area (Å²) in [5, 5.41) is 26.4. The number of benzene rings is 3. The van der Waals surface area contributed by atoms with Crippen molar-refractivity contribution in [1.29, 1.82) is 0 Å². The lowest BCUT2D eigenvalue weighted by atomic mass is 9.95. The predicted molar refractivity (Wildman–Crippen MR) is 119 cm³/mol. The number of carbonyl (C=O) groups is 1. The minimum atomic E-state index is -3.84. The molecule has 3 aromatic carbocycles. The number of hydrogen-bond donors (Lipinski definition) is 4. The van der Waals surface area contributed by atoms with E-state index in [-0.39, 0.29) is 16.6 Å². The average Bonchev–Trinajstić information content (AvgIpc) is 3.14. The van der Waals surface area contributed by atoms with E-state index >= 15 is 0 Å². The quantitative estimate of drug-likeness (QED) is 0.363. The van der Waals surface area contributed by atoms with Crippen molar-refractivity contribution < 1.29 is 18.3 Å². The number of primary sulfonamides is 1. The smallest absolute Gasteiger partial charge is 0.238 e. The van der Waals surface area contributed by atoms with E-state index in [2.05, 4.69) is 15.5 Å². The molecule has 5 N–H and O–H groups in total. The first-order chi connectivity index (χ1) is 14.6. The fourth-order valence-corrected chi connectivity index (χ4v) is 4.18. The number of hydrogen-bond acceptors (Lipinski definition) is 5. The zero-order chi connectivity index (χ0) is 22.3. The van der Waals surface area contributed by atoms with Gasteiger partial charge in [-0.1, -0.05) is 24.3 Å². The SMILES string of the molecule is CC(=O)Nc1ccc(-c2ccc3[nH]nc(-c4cccc(S(N)(=O)=O)c4)c3c2C)cc1O. The zero-order valence-electron chi connectivity index (χ0n) is 16.8. The van der Waals surface area contributed by atoms with E-state index in [1.54, 1.807) is 30.3 Å². The Morgan fingerprint density at radius 1 is 1.10 bits per heavy atom. The van der Waals surface area contributed by atoms with Gasteiger partial charge in [0, 0.05) is 17.9 Å². The molecule has 1 amide bonds. The minimum Gasteiger partial charge on any atom is -0.506 e. The van der Waals surface area contributed by atoms with Crippen LogP contribution in [0.5, 0.6) is 5.75 Å². The molecule has 0 aliphatic carbocycles. The second kappa shape index (κ2) is 7.53. The Morgan fingerprint density at radius 3 is 2.55 bits per heavy atom. The van der Waals surface area contributed by atoms with Crippen molar-refractivity contribution >= 4 is 32.5 Å². The van der Waals surface area contributed by atoms with Crippen LogP contribution in [0.25, 0.3) is 33.3 Å². The summed E-state index contributed by atoms with van der Waals surface area (Å²) < 4.78 is 23.5. The van der Waals surface area contributed by atoms with Crippen molar-refractivity contribution in [1.82, 2.24) is 10.2 Å². The molecule has 0 spiro atoms. The summed E-state index contributed by atoms with van der Waals surface area (Å²) in [6.07, 6.45) is 0. The van der Waals surface area contributed by atoms with Gasteiger partial charge in [0.15, 0.2) is 0 Å². The van der Waals surface area contributed by atoms with Crippen LogP contribution in [0.2, 0.25) is 0 Å². The van der Waals surface area contributed by atoms with Crippen LogP contribution in [0.15, 0.2) is 59.5 Å². The van der Waals surface area contributed by atoms with Gasteiger partial charge in [0.05, 0.1) is 16.1 Å². The largest absolute Gasteiger partial charge is 0.506 e. The molecule has 158 valence electrons. The lowest BCUT2D eigenvalue weighted by Gasteiger charge is -2.11. The highest BCUT2D eigenvalue weighted by Crippen LogP contribution is 2.37. The van der Waals surface area contributed by atoms with Crippen LogP contribution in [-0.2, 0) is 14.8 Å². The third kappa shape index (κ3) is 3.88. The molecule has 0 radical (unpaired) electrons. The molecule has 0 atom stereocenters. The predicted octanol–water partition coefficient (Wildman–Crippen LogP) is 3.52. The van der Waals surface area contributed by atoms with Gasteiger partial charge in [-0.05, 0) is 53.9 Å². The number of aromatic hydroxyl groups is 1. The van der Waals surface area contributed by atoms with Gasteiger partial charge >= 0.3 is 0 Å². The Labute approximate surface area is 178 Å². The minimum absolute atomic E-state index is 0.00781. The molecule has 0 fully saturated rings. The summed E-state index contributed by atoms with van der Waals surface area (Å²) in [6, 6.07) is 15.1. The molecule has 4 aromatic rings. The van der Waals surface area contributed by atoms with Gasteiger partial charge in [-0.15, -0.1) is 0 Å². The Bertz CT molecular complexity index is 1440. The Balaban J connectivity index is 1.86. The lowest BCUT2D eigenvalue weighted by molar-refractivity contribution is -0.114. The van der Waals surface area contributed by atoms with Crippen molar-refractivity contribution in [2.24, 2.45) is 5.14 Å². The highest BCUT2D eigenvalue weighted by molar-refractivity contribution is 7.89. The van der Waals surface area contributed by atoms with Gasteiger partial charge in [-0.3, -0.25) is 9.89 Å². The summed E-state index contributed by atoms with van der Waals surface area (Å²) in [4.78, 5) is 11.3. The first-order valence-electron chi connectivity index (χ1n) is 9.37. The first-order valence-corrected chi connectivity index (χ1v) is 10.9. The number of phenols is 1. The Morgan fingerprint density at radius 2 is 1.87 bits per heavy atom. The number of fused-ring (bicyclic) bond motifs is 1. The number of nitrogens with one attached hydrogen (secondary N) is 2. The van der Waals surface area contributed by atoms with Gasteiger partial charge in [0.25, 0.3) is 0 Å². The van der Waals surface area contributed by atoms with Crippen LogP contribution in [0.4, 0.5) is 5.69 Å². The van der Waals surface area contributed by atoms with Crippen molar-refractivity contribution in [2.45, 2.75) is 18.7 Å². The molecule has 1 heterocycles. The fourth-order valence-electron chi connectivity index (χ4n) is 3.62. The normalized spacial score (nSPS) is 11.6. The summed E-state index contributed by atoms with van der Waals surface area (Å²) in [5.74, 6) is -0.314. The number of nitrogens with two attached hydrogens (primary N) is 1. The number of rotatable bonds is 4.